The van der Waals surface area contributed by atoms with Crippen molar-refractivity contribution in [3.05, 3.63) is 16.7 Å². The normalized spacial score (nSPS) is 15.3. The maximum atomic E-state index is 12.4. The zero-order valence-electron chi connectivity index (χ0n) is 14.0. The first kappa shape index (κ1) is 15.9. The Hall–Kier alpha value is -2.56. The summed E-state index contributed by atoms with van der Waals surface area (Å²) in [7, 11) is 0. The maximum absolute atomic E-state index is 12.4. The lowest BCUT2D eigenvalue weighted by Crippen LogP contribution is -2.49. The van der Waals surface area contributed by atoms with E-state index in [2.05, 4.69) is 25.5 Å². The molecule has 0 atom stereocenters. The van der Waals surface area contributed by atoms with Gasteiger partial charge in [-0.15, -0.1) is 15.3 Å². The molecule has 0 aromatic carbocycles. The average Bonchev–Trinajstić information content (AvgIpc) is 3.31. The van der Waals surface area contributed by atoms with Crippen molar-refractivity contribution in [3.8, 4) is 0 Å². The number of amides is 1. The van der Waals surface area contributed by atoms with E-state index >= 15 is 0 Å². The molecular formula is C14H18N8O2S. The Bertz CT molecular complexity index is 892. The number of hydrogen-bond acceptors (Lipinski definition) is 9. The van der Waals surface area contributed by atoms with Gasteiger partial charge < -0.3 is 14.2 Å². The van der Waals surface area contributed by atoms with Crippen LogP contribution >= 0.6 is 11.3 Å². The van der Waals surface area contributed by atoms with E-state index in [1.165, 1.54) is 11.3 Å². The van der Waals surface area contributed by atoms with Crippen LogP contribution < -0.4 is 4.90 Å². The van der Waals surface area contributed by atoms with Crippen LogP contribution in [0.15, 0.2) is 4.42 Å². The number of aryl methyl sites for hydroxylation is 3. The molecular weight excluding hydrogens is 344 g/mol. The number of carbonyl (C=O) groups excluding carboxylic acids is 1. The zero-order valence-corrected chi connectivity index (χ0v) is 14.9. The molecule has 132 valence electrons. The SMILES string of the molecule is Cc1nnc(N2CCN(C(=O)CCc3nn4c(C)nnc4s3)CC2)o1. The number of hydrogen-bond donors (Lipinski definition) is 0. The molecule has 10 nitrogen and oxygen atoms in total. The van der Waals surface area contributed by atoms with Crippen molar-refractivity contribution in [2.75, 3.05) is 31.1 Å². The Balaban J connectivity index is 1.30. The van der Waals surface area contributed by atoms with E-state index in [0.717, 1.165) is 15.8 Å². The van der Waals surface area contributed by atoms with Gasteiger partial charge in [-0.25, -0.2) is 0 Å². The van der Waals surface area contributed by atoms with Gasteiger partial charge in [0, 0.05) is 45.9 Å². The second kappa shape index (κ2) is 6.39. The molecule has 3 aromatic heterocycles. The summed E-state index contributed by atoms with van der Waals surface area (Å²) in [6.45, 7) is 6.34. The Morgan fingerprint density at radius 3 is 2.60 bits per heavy atom. The molecule has 0 aliphatic carbocycles. The summed E-state index contributed by atoms with van der Waals surface area (Å²) in [6.07, 6.45) is 1.07. The molecule has 1 saturated heterocycles. The Morgan fingerprint density at radius 2 is 1.92 bits per heavy atom. The van der Waals surface area contributed by atoms with Crippen LogP contribution in [0.5, 0.6) is 0 Å². The lowest BCUT2D eigenvalue weighted by Gasteiger charge is -2.33. The largest absolute Gasteiger partial charge is 0.408 e. The van der Waals surface area contributed by atoms with Crippen LogP contribution in [0.3, 0.4) is 0 Å². The topological polar surface area (TPSA) is 106 Å². The molecule has 25 heavy (non-hydrogen) atoms. The number of rotatable bonds is 4. The minimum atomic E-state index is 0.143. The van der Waals surface area contributed by atoms with E-state index in [1.54, 1.807) is 11.4 Å². The van der Waals surface area contributed by atoms with Gasteiger partial charge in [0.2, 0.25) is 16.8 Å². The van der Waals surface area contributed by atoms with Gasteiger partial charge in [0.15, 0.2) is 5.82 Å². The molecule has 0 saturated carbocycles. The fourth-order valence-corrected chi connectivity index (χ4v) is 3.67. The van der Waals surface area contributed by atoms with Crippen LogP contribution in [-0.2, 0) is 11.2 Å². The highest BCUT2D eigenvalue weighted by Crippen LogP contribution is 2.17. The van der Waals surface area contributed by atoms with Gasteiger partial charge in [0.05, 0.1) is 0 Å². The summed E-state index contributed by atoms with van der Waals surface area (Å²) in [6, 6.07) is 0.528. The number of piperazine rings is 1. The van der Waals surface area contributed by atoms with Crippen LogP contribution in [-0.4, -0.2) is 67.0 Å². The highest BCUT2D eigenvalue weighted by Gasteiger charge is 2.24. The van der Waals surface area contributed by atoms with Crippen molar-refractivity contribution < 1.29 is 9.21 Å². The van der Waals surface area contributed by atoms with Crippen LogP contribution in [0.25, 0.3) is 4.96 Å². The monoisotopic (exact) mass is 362 g/mol. The molecule has 4 heterocycles. The van der Waals surface area contributed by atoms with Crippen LogP contribution in [0.2, 0.25) is 0 Å². The molecule has 3 aromatic rings. The summed E-state index contributed by atoms with van der Waals surface area (Å²) in [5.74, 6) is 1.45. The zero-order chi connectivity index (χ0) is 17.4. The molecule has 0 unspecified atom stereocenters. The molecule has 0 spiro atoms. The van der Waals surface area contributed by atoms with Crippen molar-refractivity contribution >= 4 is 28.2 Å². The van der Waals surface area contributed by atoms with E-state index in [0.29, 0.717) is 50.9 Å². The fraction of sp³-hybridized carbons (Fsp3) is 0.571. The number of nitrogens with zero attached hydrogens (tertiary/aromatic N) is 8. The van der Waals surface area contributed by atoms with Gasteiger partial charge in [-0.2, -0.15) is 9.61 Å². The summed E-state index contributed by atoms with van der Waals surface area (Å²) in [4.78, 5) is 17.1. The lowest BCUT2D eigenvalue weighted by atomic mass is 10.2. The third-order valence-corrected chi connectivity index (χ3v) is 5.12. The smallest absolute Gasteiger partial charge is 0.318 e. The number of anilines is 1. The minimum Gasteiger partial charge on any atom is -0.408 e. The molecule has 0 radical (unpaired) electrons. The molecule has 1 amide bonds. The predicted octanol–water partition coefficient (Wildman–Crippen LogP) is 0.467. The highest BCUT2D eigenvalue weighted by atomic mass is 32.1. The first-order valence-electron chi connectivity index (χ1n) is 8.11. The van der Waals surface area contributed by atoms with Crippen LogP contribution in [0, 0.1) is 13.8 Å². The van der Waals surface area contributed by atoms with Crippen LogP contribution in [0.1, 0.15) is 23.1 Å². The Labute approximate surface area is 147 Å². The molecule has 0 bridgehead atoms. The van der Waals surface area contributed by atoms with E-state index < -0.39 is 0 Å². The van der Waals surface area contributed by atoms with Gasteiger partial charge in [-0.05, 0) is 6.92 Å². The maximum Gasteiger partial charge on any atom is 0.318 e. The Morgan fingerprint density at radius 1 is 1.12 bits per heavy atom. The van der Waals surface area contributed by atoms with E-state index in [-0.39, 0.29) is 5.91 Å². The summed E-state index contributed by atoms with van der Waals surface area (Å²) < 4.78 is 7.15. The third kappa shape index (κ3) is 3.18. The average molecular weight is 362 g/mol. The number of carbonyl (C=O) groups is 1. The van der Waals surface area contributed by atoms with Gasteiger partial charge in [-0.1, -0.05) is 16.4 Å². The van der Waals surface area contributed by atoms with E-state index in [4.69, 9.17) is 4.42 Å². The van der Waals surface area contributed by atoms with Crippen LogP contribution in [0.4, 0.5) is 6.01 Å². The van der Waals surface area contributed by atoms with E-state index in [9.17, 15) is 4.79 Å². The quantitative estimate of drug-likeness (QED) is 0.659. The van der Waals surface area contributed by atoms with Crippen molar-refractivity contribution in [1.82, 2.24) is 34.9 Å². The first-order chi connectivity index (χ1) is 12.1. The van der Waals surface area contributed by atoms with Crippen molar-refractivity contribution in [3.63, 3.8) is 0 Å². The first-order valence-corrected chi connectivity index (χ1v) is 8.92. The van der Waals surface area contributed by atoms with Gasteiger partial charge in [-0.3, -0.25) is 4.79 Å². The predicted molar refractivity (Wildman–Crippen MR) is 89.5 cm³/mol. The summed E-state index contributed by atoms with van der Waals surface area (Å²) in [5, 5.41) is 21.2. The van der Waals surface area contributed by atoms with E-state index in [1.807, 2.05) is 16.7 Å². The van der Waals surface area contributed by atoms with Gasteiger partial charge in [0.1, 0.15) is 5.01 Å². The van der Waals surface area contributed by atoms with Crippen molar-refractivity contribution in [2.24, 2.45) is 0 Å². The van der Waals surface area contributed by atoms with Gasteiger partial charge in [0.25, 0.3) is 0 Å². The Kier molecular flexibility index (Phi) is 4.07. The minimum absolute atomic E-state index is 0.143. The molecule has 0 N–H and O–H groups in total. The van der Waals surface area contributed by atoms with Crippen molar-refractivity contribution in [2.45, 2.75) is 26.7 Å². The second-order valence-electron chi connectivity index (χ2n) is 5.91. The second-order valence-corrected chi connectivity index (χ2v) is 6.95. The number of aromatic nitrogens is 6. The highest BCUT2D eigenvalue weighted by molar-refractivity contribution is 7.16. The molecule has 1 aliphatic heterocycles. The summed E-state index contributed by atoms with van der Waals surface area (Å²) >= 11 is 1.48. The number of fused-ring (bicyclic) bond motifs is 1. The third-order valence-electron chi connectivity index (χ3n) is 4.16. The fourth-order valence-electron chi connectivity index (χ4n) is 2.79. The molecule has 1 fully saturated rings. The molecule has 11 heteroatoms. The van der Waals surface area contributed by atoms with Crippen molar-refractivity contribution in [1.29, 1.82) is 0 Å². The molecule has 1 aliphatic rings. The summed E-state index contributed by atoms with van der Waals surface area (Å²) in [5.41, 5.74) is 0. The standard InChI is InChI=1S/C14H18N8O2S/c1-9-15-18-14-22(9)19-11(25-14)3-4-12(23)20-5-7-21(8-6-20)13-17-16-10(2)24-13/h3-8H2,1-2H3. The molecule has 4 rings (SSSR count). The van der Waals surface area contributed by atoms with Gasteiger partial charge >= 0.3 is 6.01 Å². The lowest BCUT2D eigenvalue weighted by molar-refractivity contribution is -0.131.